The average Bonchev–Trinajstić information content (AvgIpc) is 3.71. The zero-order chi connectivity index (χ0) is 36.8. The number of benzene rings is 1. The Bertz CT molecular complexity index is 2310. The number of hydrogen-bond donors (Lipinski definition) is 6. The second kappa shape index (κ2) is 13.7. The van der Waals surface area contributed by atoms with Crippen LogP contribution in [0.4, 0.5) is 5.13 Å². The van der Waals surface area contributed by atoms with E-state index in [0.717, 1.165) is 46.2 Å². The molecule has 0 saturated carbocycles. The van der Waals surface area contributed by atoms with E-state index in [9.17, 15) is 48.0 Å². The standard InChI is InChI=1S/C27H23N9O11S4/c1-10-4-16(36-27(29-10)32-20(33-36)25(43)44)48-6-11-7-49-23-18(22(40)35(23)19(11)24(41)42)31-21(39)17(13-8-50-26(28)30-13)34-47-9-51(45,46)12-2-3-14(37)15(38)5-12/h2-5,8,18,23,37-38H,6-7,9H2,1H3,(H2,28,30)(H,31,39)(H,41,42)(H,43,44)/b34-17-/t18-,23-/m1/s1. The summed E-state index contributed by atoms with van der Waals surface area (Å²) < 4.78 is 26.6. The van der Waals surface area contributed by atoms with Crippen LogP contribution < -0.4 is 11.1 Å². The molecule has 2 atom stereocenters. The fraction of sp³-hybridized carbons (Fsp3) is 0.222. The number of aromatic hydroxyl groups is 2. The van der Waals surface area contributed by atoms with Crippen molar-refractivity contribution in [2.24, 2.45) is 5.16 Å². The van der Waals surface area contributed by atoms with Gasteiger partial charge in [0.2, 0.25) is 15.8 Å². The molecular formula is C27H23N9O11S4. The number of anilines is 1. The van der Waals surface area contributed by atoms with Gasteiger partial charge in [0, 0.05) is 28.6 Å². The molecule has 1 saturated heterocycles. The number of oxime groups is 1. The Morgan fingerprint density at radius 2 is 1.90 bits per heavy atom. The molecule has 7 N–H and O–H groups in total. The number of rotatable bonds is 12. The Kier molecular flexibility index (Phi) is 9.49. The van der Waals surface area contributed by atoms with E-state index in [1.807, 2.05) is 0 Å². The normalized spacial score (nSPS) is 17.6. The summed E-state index contributed by atoms with van der Waals surface area (Å²) in [6.07, 6.45) is 0. The minimum atomic E-state index is -4.23. The van der Waals surface area contributed by atoms with Gasteiger partial charge in [-0.1, -0.05) is 5.16 Å². The molecule has 0 radical (unpaired) electrons. The summed E-state index contributed by atoms with van der Waals surface area (Å²) in [7, 11) is -4.23. The van der Waals surface area contributed by atoms with E-state index in [1.165, 1.54) is 21.7 Å². The number of phenols is 2. The van der Waals surface area contributed by atoms with Crippen molar-refractivity contribution in [3.8, 4) is 11.5 Å². The van der Waals surface area contributed by atoms with Crippen LogP contribution >= 0.6 is 34.9 Å². The van der Waals surface area contributed by atoms with Crippen molar-refractivity contribution in [2.75, 3.05) is 23.2 Å². The fourth-order valence-electron chi connectivity index (χ4n) is 4.84. The third-order valence-electron chi connectivity index (χ3n) is 7.18. The summed E-state index contributed by atoms with van der Waals surface area (Å²) in [6, 6.07) is 3.22. The molecule has 0 spiro atoms. The Morgan fingerprint density at radius 1 is 1.14 bits per heavy atom. The second-order valence-corrected chi connectivity index (χ2v) is 15.5. The number of nitrogens with zero attached hydrogens (tertiary/aromatic N) is 7. The van der Waals surface area contributed by atoms with Crippen LogP contribution in [0.3, 0.4) is 0 Å². The van der Waals surface area contributed by atoms with Crippen molar-refractivity contribution in [3.05, 3.63) is 58.1 Å². The summed E-state index contributed by atoms with van der Waals surface area (Å²) in [5.41, 5.74) is 5.71. The SMILES string of the molecule is Cc1cc(SCC2=C(C(=O)O)N3C(=O)[C@@H](NC(=O)/C(=N\OCS(=O)(=O)c4ccc(O)c(O)c4)c4csc(N)n4)[C@H]3SC2)n2nc(C(=O)O)nc2n1. The predicted molar refractivity (Wildman–Crippen MR) is 179 cm³/mol. The van der Waals surface area contributed by atoms with Gasteiger partial charge in [-0.2, -0.15) is 9.50 Å². The number of carbonyl (C=O) groups is 4. The van der Waals surface area contributed by atoms with Crippen molar-refractivity contribution >= 4 is 85.1 Å². The molecule has 20 nitrogen and oxygen atoms in total. The highest BCUT2D eigenvalue weighted by Crippen LogP contribution is 2.41. The molecule has 24 heteroatoms. The summed E-state index contributed by atoms with van der Waals surface area (Å²) in [6.45, 7) is 1.67. The van der Waals surface area contributed by atoms with E-state index >= 15 is 0 Å². The third-order valence-corrected chi connectivity index (χ3v) is 11.7. The van der Waals surface area contributed by atoms with Gasteiger partial charge in [0.25, 0.3) is 23.4 Å². The molecule has 1 fully saturated rings. The van der Waals surface area contributed by atoms with Crippen LogP contribution in [0.25, 0.3) is 5.78 Å². The van der Waals surface area contributed by atoms with E-state index in [2.05, 4.69) is 30.5 Å². The highest BCUT2D eigenvalue weighted by molar-refractivity contribution is 8.01. The monoisotopic (exact) mass is 777 g/mol. The van der Waals surface area contributed by atoms with Crippen LogP contribution in [0.5, 0.6) is 11.5 Å². The highest BCUT2D eigenvalue weighted by Gasteiger charge is 2.54. The van der Waals surface area contributed by atoms with Gasteiger partial charge in [0.1, 0.15) is 27.8 Å². The molecule has 51 heavy (non-hydrogen) atoms. The molecular weight excluding hydrogens is 755 g/mol. The van der Waals surface area contributed by atoms with Gasteiger partial charge >= 0.3 is 11.9 Å². The van der Waals surface area contributed by atoms with Gasteiger partial charge in [-0.05, 0) is 30.7 Å². The molecule has 0 bridgehead atoms. The Labute approximate surface area is 298 Å². The summed E-state index contributed by atoms with van der Waals surface area (Å²) in [5, 5.41) is 49.6. The Morgan fingerprint density at radius 3 is 2.57 bits per heavy atom. The maximum absolute atomic E-state index is 13.4. The number of thioether (sulfide) groups is 2. The van der Waals surface area contributed by atoms with E-state index in [1.54, 1.807) is 13.0 Å². The number of hydrogen-bond acceptors (Lipinski definition) is 18. The predicted octanol–water partition coefficient (Wildman–Crippen LogP) is 0.264. The molecule has 2 aliphatic rings. The molecule has 4 aromatic rings. The smallest absolute Gasteiger partial charge is 0.375 e. The lowest BCUT2D eigenvalue weighted by molar-refractivity contribution is -0.150. The van der Waals surface area contributed by atoms with Gasteiger partial charge in [-0.15, -0.1) is 40.0 Å². The molecule has 2 amide bonds. The molecule has 0 aliphatic carbocycles. The second-order valence-electron chi connectivity index (χ2n) is 10.6. The van der Waals surface area contributed by atoms with Crippen LogP contribution in [0.2, 0.25) is 0 Å². The topological polar surface area (TPSA) is 302 Å². The Hall–Kier alpha value is -5.46. The van der Waals surface area contributed by atoms with Gasteiger partial charge < -0.3 is 36.3 Å². The maximum atomic E-state index is 13.4. The van der Waals surface area contributed by atoms with Crippen LogP contribution in [-0.2, 0) is 29.1 Å². The van der Waals surface area contributed by atoms with Crippen molar-refractivity contribution in [2.45, 2.75) is 28.3 Å². The van der Waals surface area contributed by atoms with Crippen LogP contribution in [0.15, 0.2) is 56.0 Å². The molecule has 266 valence electrons. The van der Waals surface area contributed by atoms with E-state index in [-0.39, 0.29) is 33.8 Å². The lowest BCUT2D eigenvalue weighted by Crippen LogP contribution is -2.71. The fourth-order valence-corrected chi connectivity index (χ4v) is 8.81. The van der Waals surface area contributed by atoms with E-state index in [4.69, 9.17) is 10.6 Å². The number of carboxylic acids is 2. The number of aliphatic carboxylic acids is 1. The number of amides is 2. The van der Waals surface area contributed by atoms with Crippen molar-refractivity contribution in [3.63, 3.8) is 0 Å². The number of aromatic carboxylic acids is 1. The molecule has 1 aromatic carbocycles. The van der Waals surface area contributed by atoms with Crippen molar-refractivity contribution in [1.29, 1.82) is 0 Å². The highest BCUT2D eigenvalue weighted by atomic mass is 32.2. The number of β-lactam (4-membered cyclic amide) rings is 1. The van der Waals surface area contributed by atoms with E-state index < -0.39 is 78.9 Å². The summed E-state index contributed by atoms with van der Waals surface area (Å²) in [4.78, 5) is 68.3. The first-order valence-electron chi connectivity index (χ1n) is 14.1. The summed E-state index contributed by atoms with van der Waals surface area (Å²) >= 11 is 3.28. The lowest BCUT2D eigenvalue weighted by atomic mass is 10.0. The number of sulfone groups is 1. The zero-order valence-electron chi connectivity index (χ0n) is 25.7. The van der Waals surface area contributed by atoms with Gasteiger partial charge in [-0.25, -0.2) is 28.0 Å². The first-order chi connectivity index (χ1) is 24.1. The molecule has 6 rings (SSSR count). The van der Waals surface area contributed by atoms with Gasteiger partial charge in [0.15, 0.2) is 22.3 Å². The number of aromatic nitrogens is 5. The van der Waals surface area contributed by atoms with Crippen molar-refractivity contribution < 1.29 is 52.9 Å². The number of thiazole rings is 1. The van der Waals surface area contributed by atoms with Crippen LogP contribution in [-0.4, -0.2) is 117 Å². The van der Waals surface area contributed by atoms with Gasteiger partial charge in [-0.3, -0.25) is 14.5 Å². The van der Waals surface area contributed by atoms with Crippen molar-refractivity contribution in [1.82, 2.24) is 34.8 Å². The first-order valence-corrected chi connectivity index (χ1v) is 18.7. The molecule has 2 aliphatic heterocycles. The molecule has 5 heterocycles. The number of nitrogens with one attached hydrogen (secondary N) is 1. The number of aryl methyl sites for hydroxylation is 1. The van der Waals surface area contributed by atoms with Gasteiger partial charge in [0.05, 0.1) is 4.90 Å². The first kappa shape index (κ1) is 35.4. The zero-order valence-corrected chi connectivity index (χ0v) is 28.9. The molecule has 3 aromatic heterocycles. The number of fused-ring (bicyclic) bond motifs is 2. The quantitative estimate of drug-likeness (QED) is 0.0281. The minimum Gasteiger partial charge on any atom is -0.504 e. The number of phenolic OH excluding ortho intramolecular Hbond substituents is 2. The number of nitrogens with two attached hydrogens (primary N) is 1. The maximum Gasteiger partial charge on any atom is 0.375 e. The summed E-state index contributed by atoms with van der Waals surface area (Å²) in [5.74, 6) is -6.96. The number of carboxylic acid groups (broad SMARTS) is 2. The van der Waals surface area contributed by atoms with E-state index in [0.29, 0.717) is 16.3 Å². The number of nitrogen functional groups attached to an aromatic ring is 1. The third kappa shape index (κ3) is 6.97. The molecule has 0 unspecified atom stereocenters. The lowest BCUT2D eigenvalue weighted by Gasteiger charge is -2.49. The Balaban J connectivity index is 1.18. The largest absolute Gasteiger partial charge is 0.504 e. The van der Waals surface area contributed by atoms with Crippen LogP contribution in [0, 0.1) is 6.92 Å². The number of carbonyl (C=O) groups excluding carboxylic acids is 2. The average molecular weight is 778 g/mol. The van der Waals surface area contributed by atoms with Crippen LogP contribution in [0.1, 0.15) is 22.0 Å². The minimum absolute atomic E-state index is 0.0434.